The number of hydrogen-bond donors (Lipinski definition) is 1. The van der Waals surface area contributed by atoms with Gasteiger partial charge in [-0.1, -0.05) is 23.7 Å². The number of imide groups is 1. The van der Waals surface area contributed by atoms with E-state index in [1.54, 1.807) is 18.2 Å². The molecule has 2 amide bonds. The molecule has 1 aliphatic rings. The van der Waals surface area contributed by atoms with E-state index in [-0.39, 0.29) is 10.7 Å². The summed E-state index contributed by atoms with van der Waals surface area (Å²) in [6.45, 7) is 4.20. The van der Waals surface area contributed by atoms with Gasteiger partial charge in [0, 0.05) is 3.57 Å². The number of rotatable bonds is 5. The predicted octanol–water partition coefficient (Wildman–Crippen LogP) is 4.43. The zero-order valence-corrected chi connectivity index (χ0v) is 17.1. The molecular weight excluding hydrogens is 467 g/mol. The summed E-state index contributed by atoms with van der Waals surface area (Å²) in [7, 11) is 0. The molecule has 0 unspecified atom stereocenters. The van der Waals surface area contributed by atoms with Gasteiger partial charge in [-0.25, -0.2) is 4.90 Å². The lowest BCUT2D eigenvalue weighted by molar-refractivity contribution is -0.120. The largest absolute Gasteiger partial charge is 0.492 e. The van der Waals surface area contributed by atoms with Gasteiger partial charge in [-0.2, -0.15) is 0 Å². The van der Waals surface area contributed by atoms with Crippen LogP contribution < -0.4 is 15.0 Å². The van der Waals surface area contributed by atoms with Crippen molar-refractivity contribution in [3.05, 3.63) is 62.3 Å². The summed E-state index contributed by atoms with van der Waals surface area (Å²) in [4.78, 5) is 26.6. The van der Waals surface area contributed by atoms with Crippen molar-refractivity contribution in [2.45, 2.75) is 13.8 Å². The second-order valence-electron chi connectivity index (χ2n) is 5.62. The Labute approximate surface area is 170 Å². The van der Waals surface area contributed by atoms with Crippen molar-refractivity contribution in [2.24, 2.45) is 0 Å². The van der Waals surface area contributed by atoms with Crippen LogP contribution in [-0.2, 0) is 9.59 Å². The zero-order valence-electron chi connectivity index (χ0n) is 14.2. The number of para-hydroxylation sites is 2. The maximum Gasteiger partial charge on any atom is 0.283 e. The van der Waals surface area contributed by atoms with Gasteiger partial charge >= 0.3 is 0 Å². The molecule has 26 heavy (non-hydrogen) atoms. The summed E-state index contributed by atoms with van der Waals surface area (Å²) in [5, 5.41) is 2.82. The SMILES string of the molecule is CCOc1ccccc1NC1=C(Cl)C(=O)N(c2ccc(I)cc2C)C1=O. The van der Waals surface area contributed by atoms with E-state index in [0.717, 1.165) is 14.0 Å². The highest BCUT2D eigenvalue weighted by molar-refractivity contribution is 14.1. The van der Waals surface area contributed by atoms with Crippen LogP contribution in [-0.4, -0.2) is 18.4 Å². The molecule has 0 radical (unpaired) electrons. The molecule has 0 fully saturated rings. The van der Waals surface area contributed by atoms with Gasteiger partial charge < -0.3 is 10.1 Å². The maximum atomic E-state index is 12.9. The van der Waals surface area contributed by atoms with Crippen LogP contribution in [0.4, 0.5) is 11.4 Å². The second-order valence-corrected chi connectivity index (χ2v) is 7.24. The number of anilines is 2. The first-order valence-corrected chi connectivity index (χ1v) is 9.43. The molecule has 5 nitrogen and oxygen atoms in total. The van der Waals surface area contributed by atoms with Crippen molar-refractivity contribution in [3.63, 3.8) is 0 Å². The van der Waals surface area contributed by atoms with Crippen LogP contribution in [0, 0.1) is 10.5 Å². The molecule has 2 aromatic carbocycles. The third-order valence-corrected chi connectivity index (χ3v) is 4.90. The second kappa shape index (κ2) is 7.67. The van der Waals surface area contributed by atoms with Crippen LogP contribution in [0.5, 0.6) is 5.75 Å². The Bertz CT molecular complexity index is 927. The summed E-state index contributed by atoms with van der Waals surface area (Å²) < 4.78 is 6.57. The lowest BCUT2D eigenvalue weighted by Crippen LogP contribution is -2.32. The van der Waals surface area contributed by atoms with Crippen LogP contribution in [0.3, 0.4) is 0 Å². The lowest BCUT2D eigenvalue weighted by Gasteiger charge is -2.18. The summed E-state index contributed by atoms with van der Waals surface area (Å²) in [6.07, 6.45) is 0. The monoisotopic (exact) mass is 482 g/mol. The van der Waals surface area contributed by atoms with Gasteiger partial charge in [0.15, 0.2) is 0 Å². The van der Waals surface area contributed by atoms with Crippen molar-refractivity contribution < 1.29 is 14.3 Å². The Morgan fingerprint density at radius 3 is 2.58 bits per heavy atom. The number of carbonyl (C=O) groups is 2. The molecule has 1 N–H and O–H groups in total. The molecule has 0 aliphatic carbocycles. The van der Waals surface area contributed by atoms with E-state index >= 15 is 0 Å². The Hall–Kier alpha value is -2.06. The number of benzene rings is 2. The number of hydrogen-bond acceptors (Lipinski definition) is 4. The topological polar surface area (TPSA) is 58.6 Å². The molecule has 2 aromatic rings. The average molecular weight is 483 g/mol. The maximum absolute atomic E-state index is 12.9. The number of carbonyl (C=O) groups excluding carboxylic acids is 2. The Morgan fingerprint density at radius 1 is 1.15 bits per heavy atom. The Kier molecular flexibility index (Phi) is 5.52. The number of amides is 2. The van der Waals surface area contributed by atoms with Crippen LogP contribution in [0.15, 0.2) is 53.2 Å². The number of halogens is 2. The van der Waals surface area contributed by atoms with Gasteiger partial charge in [0.25, 0.3) is 11.8 Å². The minimum absolute atomic E-state index is 0.0433. The number of nitrogens with zero attached hydrogens (tertiary/aromatic N) is 1. The number of aryl methyl sites for hydroxylation is 1. The fourth-order valence-electron chi connectivity index (χ4n) is 2.69. The predicted molar refractivity (Wildman–Crippen MR) is 111 cm³/mol. The molecule has 0 spiro atoms. The van der Waals surface area contributed by atoms with E-state index in [2.05, 4.69) is 27.9 Å². The van der Waals surface area contributed by atoms with Crippen LogP contribution in [0.2, 0.25) is 0 Å². The smallest absolute Gasteiger partial charge is 0.283 e. The Morgan fingerprint density at radius 2 is 1.88 bits per heavy atom. The Balaban J connectivity index is 1.95. The first kappa shape index (κ1) is 18.7. The van der Waals surface area contributed by atoms with E-state index < -0.39 is 11.8 Å². The molecule has 0 aromatic heterocycles. The molecule has 7 heteroatoms. The van der Waals surface area contributed by atoms with Gasteiger partial charge in [-0.15, -0.1) is 0 Å². The van der Waals surface area contributed by atoms with Crippen LogP contribution in [0.25, 0.3) is 0 Å². The molecule has 0 saturated carbocycles. The minimum atomic E-state index is -0.544. The first-order chi connectivity index (χ1) is 12.4. The summed E-state index contributed by atoms with van der Waals surface area (Å²) in [5.74, 6) is -0.455. The minimum Gasteiger partial charge on any atom is -0.492 e. The average Bonchev–Trinajstić information content (AvgIpc) is 2.81. The molecule has 3 rings (SSSR count). The lowest BCUT2D eigenvalue weighted by atomic mass is 10.2. The molecule has 1 heterocycles. The van der Waals surface area contributed by atoms with Crippen LogP contribution in [0.1, 0.15) is 12.5 Å². The molecular formula is C19H16ClIN2O3. The van der Waals surface area contributed by atoms with E-state index in [1.807, 2.05) is 38.1 Å². The first-order valence-electron chi connectivity index (χ1n) is 7.97. The van der Waals surface area contributed by atoms with E-state index in [9.17, 15) is 9.59 Å². The van der Waals surface area contributed by atoms with Gasteiger partial charge in [-0.05, 0) is 72.3 Å². The number of nitrogens with one attached hydrogen (secondary N) is 1. The summed E-state index contributed by atoms with van der Waals surface area (Å²) >= 11 is 8.37. The van der Waals surface area contributed by atoms with E-state index in [4.69, 9.17) is 16.3 Å². The normalized spacial score (nSPS) is 14.2. The van der Waals surface area contributed by atoms with Crippen LogP contribution >= 0.6 is 34.2 Å². The van der Waals surface area contributed by atoms with Gasteiger partial charge in [0.05, 0.1) is 18.0 Å². The summed E-state index contributed by atoms with van der Waals surface area (Å²) in [5.41, 5.74) is 1.96. The molecule has 0 saturated heterocycles. The van der Waals surface area contributed by atoms with Gasteiger partial charge in [0.2, 0.25) is 0 Å². The fourth-order valence-corrected chi connectivity index (χ4v) is 3.55. The third kappa shape index (κ3) is 3.43. The molecule has 134 valence electrons. The highest BCUT2D eigenvalue weighted by atomic mass is 127. The van der Waals surface area contributed by atoms with E-state index in [1.165, 1.54) is 0 Å². The van der Waals surface area contributed by atoms with Crippen molar-refractivity contribution in [1.29, 1.82) is 0 Å². The quantitative estimate of drug-likeness (QED) is 0.506. The highest BCUT2D eigenvalue weighted by Crippen LogP contribution is 2.34. The van der Waals surface area contributed by atoms with Crippen molar-refractivity contribution >= 4 is 57.4 Å². The molecule has 0 bridgehead atoms. The molecule has 0 atom stereocenters. The van der Waals surface area contributed by atoms with Crippen molar-refractivity contribution in [2.75, 3.05) is 16.8 Å². The standard InChI is InChI=1S/C19H16ClIN2O3/c1-3-26-15-7-5-4-6-13(15)22-17-16(20)18(24)23(19(17)25)14-9-8-12(21)10-11(14)2/h4-10,22H,3H2,1-2H3. The molecule has 1 aliphatic heterocycles. The third-order valence-electron chi connectivity index (χ3n) is 3.87. The van der Waals surface area contributed by atoms with Gasteiger partial charge in [0.1, 0.15) is 16.5 Å². The summed E-state index contributed by atoms with van der Waals surface area (Å²) in [6, 6.07) is 12.7. The number of ether oxygens (including phenoxy) is 1. The van der Waals surface area contributed by atoms with Crippen molar-refractivity contribution in [1.82, 2.24) is 0 Å². The zero-order chi connectivity index (χ0) is 18.8. The van der Waals surface area contributed by atoms with Crippen molar-refractivity contribution in [3.8, 4) is 5.75 Å². The highest BCUT2D eigenvalue weighted by Gasteiger charge is 2.39. The fraction of sp³-hybridized carbons (Fsp3) is 0.158. The van der Waals surface area contributed by atoms with Gasteiger partial charge in [-0.3, -0.25) is 9.59 Å². The van der Waals surface area contributed by atoms with E-state index in [0.29, 0.717) is 23.7 Å².